The normalized spacial score (nSPS) is 16.2. The summed E-state index contributed by atoms with van der Waals surface area (Å²) in [5, 5.41) is 0. The second kappa shape index (κ2) is 8.12. The smallest absolute Gasteiger partial charge is 0.316 e. The molecule has 0 radical (unpaired) electrons. The van der Waals surface area contributed by atoms with Crippen molar-refractivity contribution in [1.29, 1.82) is 0 Å². The summed E-state index contributed by atoms with van der Waals surface area (Å²) in [6, 6.07) is 6.43. The van der Waals surface area contributed by atoms with Crippen molar-refractivity contribution in [3.63, 3.8) is 0 Å². The number of hydrogen-bond acceptors (Lipinski definition) is 5. The van der Waals surface area contributed by atoms with Crippen molar-refractivity contribution in [3.8, 4) is 11.8 Å². The zero-order chi connectivity index (χ0) is 18.5. The zero-order valence-electron chi connectivity index (χ0n) is 14.9. The SMILES string of the molecule is Cc1cnc(OC2CCN(C(=O)C(C)Oc3ccccc3F)CC2)nc1. The van der Waals surface area contributed by atoms with E-state index in [9.17, 15) is 9.18 Å². The zero-order valence-corrected chi connectivity index (χ0v) is 14.9. The van der Waals surface area contributed by atoms with Gasteiger partial charge in [-0.05, 0) is 31.5 Å². The topological polar surface area (TPSA) is 64.5 Å². The number of carbonyl (C=O) groups is 1. The molecule has 1 aliphatic heterocycles. The molecule has 0 saturated carbocycles. The average molecular weight is 359 g/mol. The molecule has 1 saturated heterocycles. The summed E-state index contributed by atoms with van der Waals surface area (Å²) in [6.07, 6.45) is 4.03. The van der Waals surface area contributed by atoms with E-state index in [-0.39, 0.29) is 17.8 Å². The van der Waals surface area contributed by atoms with Crippen molar-refractivity contribution in [1.82, 2.24) is 14.9 Å². The number of hydrogen-bond donors (Lipinski definition) is 0. The summed E-state index contributed by atoms with van der Waals surface area (Å²) in [5.74, 6) is -0.543. The maximum Gasteiger partial charge on any atom is 0.316 e. The second-order valence-electron chi connectivity index (χ2n) is 6.38. The lowest BCUT2D eigenvalue weighted by Crippen LogP contribution is -2.46. The van der Waals surface area contributed by atoms with Crippen molar-refractivity contribution in [3.05, 3.63) is 48.0 Å². The molecule has 1 aliphatic rings. The van der Waals surface area contributed by atoms with Gasteiger partial charge in [-0.15, -0.1) is 0 Å². The third kappa shape index (κ3) is 4.47. The molecule has 7 heteroatoms. The van der Waals surface area contributed by atoms with E-state index in [1.54, 1.807) is 36.4 Å². The lowest BCUT2D eigenvalue weighted by atomic mass is 10.1. The van der Waals surface area contributed by atoms with Gasteiger partial charge in [0.05, 0.1) is 0 Å². The first kappa shape index (κ1) is 18.1. The van der Waals surface area contributed by atoms with Crippen LogP contribution in [0.1, 0.15) is 25.3 Å². The molecule has 26 heavy (non-hydrogen) atoms. The van der Waals surface area contributed by atoms with Crippen molar-refractivity contribution in [2.45, 2.75) is 38.9 Å². The predicted molar refractivity (Wildman–Crippen MR) is 93.5 cm³/mol. The van der Waals surface area contributed by atoms with Gasteiger partial charge < -0.3 is 14.4 Å². The van der Waals surface area contributed by atoms with Crippen LogP contribution in [-0.2, 0) is 4.79 Å². The Morgan fingerprint density at radius 1 is 1.23 bits per heavy atom. The Balaban J connectivity index is 1.50. The van der Waals surface area contributed by atoms with Crippen LogP contribution in [0.25, 0.3) is 0 Å². The van der Waals surface area contributed by atoms with Crippen LogP contribution in [0.3, 0.4) is 0 Å². The highest BCUT2D eigenvalue weighted by Gasteiger charge is 2.28. The number of aryl methyl sites for hydroxylation is 1. The number of aromatic nitrogens is 2. The number of ether oxygens (including phenoxy) is 2. The standard InChI is InChI=1S/C19H22FN3O3/c1-13-11-21-19(22-12-13)26-15-7-9-23(10-8-15)18(24)14(2)25-17-6-4-3-5-16(17)20/h3-6,11-12,14-15H,7-10H2,1-2H3. The van der Waals surface area contributed by atoms with Crippen molar-refractivity contribution >= 4 is 5.91 Å². The molecule has 1 aromatic heterocycles. The Kier molecular flexibility index (Phi) is 5.65. The monoisotopic (exact) mass is 359 g/mol. The summed E-state index contributed by atoms with van der Waals surface area (Å²) in [4.78, 5) is 22.5. The number of halogens is 1. The molecule has 1 unspecified atom stereocenters. The maximum atomic E-state index is 13.7. The van der Waals surface area contributed by atoms with Gasteiger partial charge in [0.1, 0.15) is 6.10 Å². The Labute approximate surface area is 152 Å². The first-order chi connectivity index (χ1) is 12.5. The first-order valence-electron chi connectivity index (χ1n) is 8.68. The molecule has 6 nitrogen and oxygen atoms in total. The maximum absolute atomic E-state index is 13.7. The fourth-order valence-corrected chi connectivity index (χ4v) is 2.82. The number of benzene rings is 1. The Bertz CT molecular complexity index is 746. The summed E-state index contributed by atoms with van der Waals surface area (Å²) in [6.45, 7) is 4.66. The van der Waals surface area contributed by atoms with Crippen molar-refractivity contribution < 1.29 is 18.7 Å². The van der Waals surface area contributed by atoms with Crippen LogP contribution in [-0.4, -0.2) is 46.1 Å². The van der Waals surface area contributed by atoms with Crippen molar-refractivity contribution in [2.75, 3.05) is 13.1 Å². The van der Waals surface area contributed by atoms with Gasteiger partial charge in [-0.25, -0.2) is 14.4 Å². The van der Waals surface area contributed by atoms with Crippen molar-refractivity contribution in [2.24, 2.45) is 0 Å². The molecule has 0 spiro atoms. The molecular weight excluding hydrogens is 337 g/mol. The number of carbonyl (C=O) groups excluding carboxylic acids is 1. The number of piperidine rings is 1. The van der Waals surface area contributed by atoms with Gasteiger partial charge in [0.25, 0.3) is 5.91 Å². The van der Waals surface area contributed by atoms with E-state index in [1.165, 1.54) is 12.1 Å². The van der Waals surface area contributed by atoms with E-state index in [0.29, 0.717) is 31.9 Å². The highest BCUT2D eigenvalue weighted by molar-refractivity contribution is 5.81. The Morgan fingerprint density at radius 2 is 1.88 bits per heavy atom. The van der Waals surface area contributed by atoms with Crippen LogP contribution in [0, 0.1) is 12.7 Å². The third-order valence-corrected chi connectivity index (χ3v) is 4.27. The highest BCUT2D eigenvalue weighted by Crippen LogP contribution is 2.20. The molecule has 138 valence electrons. The minimum Gasteiger partial charge on any atom is -0.478 e. The highest BCUT2D eigenvalue weighted by atomic mass is 19.1. The molecule has 0 aliphatic carbocycles. The predicted octanol–water partition coefficient (Wildman–Crippen LogP) is 2.76. The third-order valence-electron chi connectivity index (χ3n) is 4.27. The molecule has 3 rings (SSSR count). The fraction of sp³-hybridized carbons (Fsp3) is 0.421. The number of nitrogens with zero attached hydrogens (tertiary/aromatic N) is 3. The van der Waals surface area contributed by atoms with Gasteiger partial charge in [-0.3, -0.25) is 4.79 Å². The van der Waals surface area contributed by atoms with E-state index in [0.717, 1.165) is 5.56 Å². The van der Waals surface area contributed by atoms with E-state index in [2.05, 4.69) is 9.97 Å². The summed E-state index contributed by atoms with van der Waals surface area (Å²) >= 11 is 0. The van der Waals surface area contributed by atoms with Crippen LogP contribution < -0.4 is 9.47 Å². The van der Waals surface area contributed by atoms with E-state index >= 15 is 0 Å². The molecule has 0 N–H and O–H groups in total. The lowest BCUT2D eigenvalue weighted by molar-refractivity contribution is -0.139. The van der Waals surface area contributed by atoms with E-state index < -0.39 is 11.9 Å². The molecule has 1 amide bonds. The number of para-hydroxylation sites is 1. The van der Waals surface area contributed by atoms with Crippen LogP contribution in [0.2, 0.25) is 0 Å². The molecule has 1 aromatic carbocycles. The largest absolute Gasteiger partial charge is 0.478 e. The number of likely N-dealkylation sites (tertiary alicyclic amines) is 1. The van der Waals surface area contributed by atoms with Gasteiger partial charge in [0, 0.05) is 38.3 Å². The van der Waals surface area contributed by atoms with Crippen LogP contribution in [0.5, 0.6) is 11.8 Å². The summed E-state index contributed by atoms with van der Waals surface area (Å²) in [7, 11) is 0. The van der Waals surface area contributed by atoms with Gasteiger partial charge in [0.15, 0.2) is 17.7 Å². The average Bonchev–Trinajstić information content (AvgIpc) is 2.65. The summed E-state index contributed by atoms with van der Waals surface area (Å²) in [5.41, 5.74) is 0.974. The van der Waals surface area contributed by atoms with Gasteiger partial charge >= 0.3 is 6.01 Å². The van der Waals surface area contributed by atoms with E-state index in [1.807, 2.05) is 6.92 Å². The van der Waals surface area contributed by atoms with Crippen LogP contribution in [0.4, 0.5) is 4.39 Å². The van der Waals surface area contributed by atoms with Gasteiger partial charge in [0.2, 0.25) is 0 Å². The Hall–Kier alpha value is -2.70. The quantitative estimate of drug-likeness (QED) is 0.821. The number of amides is 1. The molecule has 0 bridgehead atoms. The minimum absolute atomic E-state index is 0.0236. The fourth-order valence-electron chi connectivity index (χ4n) is 2.82. The second-order valence-corrected chi connectivity index (χ2v) is 6.38. The molecular formula is C19H22FN3O3. The number of rotatable bonds is 5. The lowest BCUT2D eigenvalue weighted by Gasteiger charge is -2.33. The summed E-state index contributed by atoms with van der Waals surface area (Å²) < 4.78 is 24.9. The Morgan fingerprint density at radius 3 is 2.54 bits per heavy atom. The molecule has 1 atom stereocenters. The first-order valence-corrected chi connectivity index (χ1v) is 8.68. The van der Waals surface area contributed by atoms with Crippen LogP contribution in [0.15, 0.2) is 36.7 Å². The van der Waals surface area contributed by atoms with E-state index in [4.69, 9.17) is 9.47 Å². The molecule has 2 aromatic rings. The van der Waals surface area contributed by atoms with Gasteiger partial charge in [-0.1, -0.05) is 12.1 Å². The minimum atomic E-state index is -0.746. The molecule has 1 fully saturated rings. The molecule has 2 heterocycles. The van der Waals surface area contributed by atoms with Crippen LogP contribution >= 0.6 is 0 Å². The van der Waals surface area contributed by atoms with Gasteiger partial charge in [-0.2, -0.15) is 0 Å².